The van der Waals surface area contributed by atoms with Crippen LogP contribution in [0, 0.1) is 17.8 Å². The zero-order valence-corrected chi connectivity index (χ0v) is 15.2. The van der Waals surface area contributed by atoms with Gasteiger partial charge in [0.2, 0.25) is 6.54 Å². The third-order valence-corrected chi connectivity index (χ3v) is 6.26. The lowest BCUT2D eigenvalue weighted by Crippen LogP contribution is -2.62. The minimum absolute atomic E-state index is 0.00934. The summed E-state index contributed by atoms with van der Waals surface area (Å²) in [5, 5.41) is 5.59. The van der Waals surface area contributed by atoms with Crippen LogP contribution in [0.25, 0.3) is 0 Å². The van der Waals surface area contributed by atoms with Crippen LogP contribution in [0.4, 0.5) is 4.79 Å². The van der Waals surface area contributed by atoms with Gasteiger partial charge in [0.1, 0.15) is 0 Å². The molecule has 6 nitrogen and oxygen atoms in total. The second-order valence-electron chi connectivity index (χ2n) is 8.52. The Morgan fingerprint density at radius 3 is 2.31 bits per heavy atom. The van der Waals surface area contributed by atoms with Gasteiger partial charge in [-0.2, -0.15) is 4.57 Å². The summed E-state index contributed by atoms with van der Waals surface area (Å²) in [6.07, 6.45) is 10.4. The van der Waals surface area contributed by atoms with Gasteiger partial charge in [-0.05, 0) is 69.3 Å². The molecule has 0 saturated heterocycles. The van der Waals surface area contributed by atoms with Gasteiger partial charge in [0.25, 0.3) is 5.91 Å². The number of carbonyl (C=O) groups excluding carboxylic acids is 3. The smallest absolute Gasteiger partial charge is 0.322 e. The highest BCUT2D eigenvalue weighted by molar-refractivity contribution is 5.94. The minimum atomic E-state index is -0.389. The van der Waals surface area contributed by atoms with E-state index in [9.17, 15) is 14.4 Å². The normalized spacial score (nSPS) is 31.5. The van der Waals surface area contributed by atoms with Crippen LogP contribution >= 0.6 is 0 Å². The van der Waals surface area contributed by atoms with Crippen LogP contribution in [0.15, 0.2) is 24.5 Å². The number of nitrogens with zero attached hydrogens (tertiary/aromatic N) is 1. The lowest BCUT2D eigenvalue weighted by atomic mass is 9.53. The summed E-state index contributed by atoms with van der Waals surface area (Å²) in [5.41, 5.74) is 0.430. The predicted molar refractivity (Wildman–Crippen MR) is 94.2 cm³/mol. The Balaban J connectivity index is 1.34. The molecule has 4 fully saturated rings. The number of carbonyl (C=O) groups is 3. The van der Waals surface area contributed by atoms with Crippen LogP contribution in [-0.2, 0) is 11.3 Å². The van der Waals surface area contributed by atoms with Crippen molar-refractivity contribution in [1.82, 2.24) is 10.6 Å². The highest BCUT2D eigenvalue weighted by atomic mass is 16.2. The van der Waals surface area contributed by atoms with Crippen molar-refractivity contribution in [2.45, 2.75) is 57.5 Å². The first-order chi connectivity index (χ1) is 12.4. The lowest BCUT2D eigenvalue weighted by Gasteiger charge is -2.56. The van der Waals surface area contributed by atoms with E-state index in [2.05, 4.69) is 10.6 Å². The highest BCUT2D eigenvalue weighted by Gasteiger charge is 2.51. The number of nitrogens with one attached hydrogen (secondary N) is 2. The number of ketones is 1. The van der Waals surface area contributed by atoms with E-state index >= 15 is 0 Å². The third-order valence-electron chi connectivity index (χ3n) is 6.26. The molecule has 1 aromatic rings. The zero-order chi connectivity index (χ0) is 18.3. The molecule has 0 spiro atoms. The van der Waals surface area contributed by atoms with E-state index in [1.54, 1.807) is 29.1 Å². The molecule has 4 bridgehead atoms. The SMILES string of the molecule is CC(=O)c1ccc[n+](CC(=O)NC(=O)NC23CC4CC(CC(C4)C2)C3)c1. The van der Waals surface area contributed by atoms with E-state index in [-0.39, 0.29) is 29.8 Å². The van der Waals surface area contributed by atoms with Gasteiger partial charge in [-0.3, -0.25) is 14.9 Å². The molecule has 0 atom stereocenters. The Morgan fingerprint density at radius 1 is 1.12 bits per heavy atom. The van der Waals surface area contributed by atoms with E-state index in [0.717, 1.165) is 37.0 Å². The van der Waals surface area contributed by atoms with Crippen molar-refractivity contribution in [1.29, 1.82) is 0 Å². The first-order valence-corrected chi connectivity index (χ1v) is 9.53. The Labute approximate surface area is 153 Å². The maximum atomic E-state index is 12.4. The van der Waals surface area contributed by atoms with Gasteiger partial charge in [-0.25, -0.2) is 4.79 Å². The summed E-state index contributed by atoms with van der Waals surface area (Å²) in [6.45, 7) is 1.49. The molecule has 1 aromatic heterocycles. The molecule has 138 valence electrons. The Kier molecular flexibility index (Phi) is 4.29. The number of rotatable bonds is 4. The maximum absolute atomic E-state index is 12.4. The summed E-state index contributed by atoms with van der Waals surface area (Å²) >= 11 is 0. The van der Waals surface area contributed by atoms with Crippen LogP contribution in [0.2, 0.25) is 0 Å². The first kappa shape index (κ1) is 17.2. The second kappa shape index (κ2) is 6.49. The molecule has 5 rings (SSSR count). The van der Waals surface area contributed by atoms with E-state index in [1.807, 2.05) is 0 Å². The van der Waals surface area contributed by atoms with Gasteiger partial charge < -0.3 is 5.32 Å². The summed E-state index contributed by atoms with van der Waals surface area (Å²) in [6, 6.07) is 3.04. The average molecular weight is 356 g/mol. The molecule has 0 radical (unpaired) electrons. The molecule has 0 aromatic carbocycles. The Hall–Kier alpha value is -2.24. The number of urea groups is 1. The maximum Gasteiger partial charge on any atom is 0.322 e. The van der Waals surface area contributed by atoms with E-state index in [1.165, 1.54) is 26.2 Å². The molecule has 1 heterocycles. The van der Waals surface area contributed by atoms with Crippen molar-refractivity contribution in [2.75, 3.05) is 0 Å². The number of aromatic nitrogens is 1. The van der Waals surface area contributed by atoms with E-state index in [4.69, 9.17) is 0 Å². The van der Waals surface area contributed by atoms with Crippen molar-refractivity contribution < 1.29 is 19.0 Å². The largest absolute Gasteiger partial charge is 0.332 e. The molecule has 4 aliphatic carbocycles. The van der Waals surface area contributed by atoms with Crippen molar-refractivity contribution in [3.05, 3.63) is 30.1 Å². The Morgan fingerprint density at radius 2 is 1.73 bits per heavy atom. The van der Waals surface area contributed by atoms with Crippen LogP contribution in [0.5, 0.6) is 0 Å². The van der Waals surface area contributed by atoms with Crippen molar-refractivity contribution in [3.63, 3.8) is 0 Å². The third kappa shape index (κ3) is 3.50. The van der Waals surface area contributed by atoms with Crippen molar-refractivity contribution >= 4 is 17.7 Å². The van der Waals surface area contributed by atoms with Gasteiger partial charge in [-0.15, -0.1) is 0 Å². The number of hydrogen-bond acceptors (Lipinski definition) is 3. The van der Waals surface area contributed by atoms with Gasteiger partial charge in [0.05, 0.1) is 5.56 Å². The quantitative estimate of drug-likeness (QED) is 0.639. The molecule has 0 aliphatic heterocycles. The molecule has 4 aliphatic rings. The van der Waals surface area contributed by atoms with Gasteiger partial charge in [0.15, 0.2) is 18.2 Å². The fourth-order valence-corrected chi connectivity index (χ4v) is 5.70. The van der Waals surface area contributed by atoms with Crippen LogP contribution in [-0.4, -0.2) is 23.3 Å². The predicted octanol–water partition coefficient (Wildman–Crippen LogP) is 1.97. The monoisotopic (exact) mass is 356 g/mol. The number of imide groups is 1. The van der Waals surface area contributed by atoms with Gasteiger partial charge >= 0.3 is 6.03 Å². The second-order valence-corrected chi connectivity index (χ2v) is 8.52. The van der Waals surface area contributed by atoms with Crippen LogP contribution in [0.1, 0.15) is 55.8 Å². The summed E-state index contributed by atoms with van der Waals surface area (Å²) in [5.74, 6) is 1.78. The molecule has 2 N–H and O–H groups in total. The fraction of sp³-hybridized carbons (Fsp3) is 0.600. The molecular formula is C20H26N3O3+. The molecule has 26 heavy (non-hydrogen) atoms. The molecular weight excluding hydrogens is 330 g/mol. The topological polar surface area (TPSA) is 79.2 Å². The average Bonchev–Trinajstić information content (AvgIpc) is 2.52. The molecule has 0 unspecified atom stereocenters. The Bertz CT molecular complexity index is 723. The number of amides is 3. The molecule has 3 amide bonds. The summed E-state index contributed by atoms with van der Waals surface area (Å²) < 4.78 is 1.62. The van der Waals surface area contributed by atoms with Gasteiger partial charge in [-0.1, -0.05) is 0 Å². The summed E-state index contributed by atoms with van der Waals surface area (Å²) in [4.78, 5) is 36.0. The first-order valence-electron chi connectivity index (χ1n) is 9.53. The van der Waals surface area contributed by atoms with E-state index in [0.29, 0.717) is 5.56 Å². The van der Waals surface area contributed by atoms with Crippen molar-refractivity contribution in [3.8, 4) is 0 Å². The molecule has 6 heteroatoms. The number of hydrogen-bond donors (Lipinski definition) is 2. The lowest BCUT2D eigenvalue weighted by molar-refractivity contribution is -0.684. The highest BCUT2D eigenvalue weighted by Crippen LogP contribution is 2.55. The molecule has 4 saturated carbocycles. The van der Waals surface area contributed by atoms with Gasteiger partial charge in [0, 0.05) is 11.6 Å². The minimum Gasteiger partial charge on any atom is -0.332 e. The standard InChI is InChI=1S/C20H25N3O3/c1-13(24)17-3-2-4-23(11-17)12-18(25)21-19(26)22-20-8-14-5-15(9-20)7-16(6-14)10-20/h2-4,11,14-16H,5-10,12H2,1H3,(H-,21,22,25,26)/p+1. The summed E-state index contributed by atoms with van der Waals surface area (Å²) in [7, 11) is 0. The van der Waals surface area contributed by atoms with Crippen molar-refractivity contribution in [2.24, 2.45) is 17.8 Å². The zero-order valence-electron chi connectivity index (χ0n) is 15.2. The van der Waals surface area contributed by atoms with Crippen LogP contribution < -0.4 is 15.2 Å². The number of Topliss-reactive ketones (excluding diaryl/α,β-unsaturated/α-hetero) is 1. The van der Waals surface area contributed by atoms with Crippen LogP contribution in [0.3, 0.4) is 0 Å². The number of pyridine rings is 1. The fourth-order valence-electron chi connectivity index (χ4n) is 5.70. The van der Waals surface area contributed by atoms with E-state index < -0.39 is 0 Å².